The van der Waals surface area contributed by atoms with E-state index in [1.54, 1.807) is 0 Å². The van der Waals surface area contributed by atoms with E-state index in [1.807, 2.05) is 24.4 Å². The molecule has 0 aliphatic carbocycles. The number of halogens is 2. The van der Waals surface area contributed by atoms with Gasteiger partial charge in [0.1, 0.15) is 17.3 Å². The maximum Gasteiger partial charge on any atom is 0.254 e. The monoisotopic (exact) mass is 296 g/mol. The fourth-order valence-corrected chi connectivity index (χ4v) is 2.53. The number of rotatable bonds is 4. The van der Waals surface area contributed by atoms with Crippen LogP contribution in [0, 0.1) is 11.6 Å². The molecule has 0 radical (unpaired) electrons. The van der Waals surface area contributed by atoms with Gasteiger partial charge in [0.25, 0.3) is 5.91 Å². The summed E-state index contributed by atoms with van der Waals surface area (Å²) >= 11 is 1.53. The molecule has 0 aliphatic heterocycles. The Kier molecular flexibility index (Phi) is 4.34. The number of hydrogen-bond donors (Lipinski definition) is 1. The summed E-state index contributed by atoms with van der Waals surface area (Å²) in [5.41, 5.74) is 4.59. The van der Waals surface area contributed by atoms with Gasteiger partial charge in [-0.15, -0.1) is 11.3 Å². The van der Waals surface area contributed by atoms with Crippen LogP contribution in [0.4, 0.5) is 14.5 Å². The largest absolute Gasteiger partial charge is 0.394 e. The van der Waals surface area contributed by atoms with E-state index in [1.165, 1.54) is 16.2 Å². The van der Waals surface area contributed by atoms with Crippen LogP contribution in [0.5, 0.6) is 0 Å². The standard InChI is InChI=1S/C14H14F2N2OS/c1-2-18(8-10-4-3-5-20-10)14(19)9-6-11(15)13(17)12(16)7-9/h3-7H,2,8,17H2,1H3. The fraction of sp³-hybridized carbons (Fsp3) is 0.214. The molecule has 2 rings (SSSR count). The van der Waals surface area contributed by atoms with Gasteiger partial charge in [0.2, 0.25) is 0 Å². The lowest BCUT2D eigenvalue weighted by Gasteiger charge is -2.20. The Hall–Kier alpha value is -1.95. The topological polar surface area (TPSA) is 46.3 Å². The third-order valence-corrected chi connectivity index (χ3v) is 3.78. The highest BCUT2D eigenvalue weighted by molar-refractivity contribution is 7.09. The van der Waals surface area contributed by atoms with Crippen molar-refractivity contribution in [1.82, 2.24) is 4.90 Å². The number of carbonyl (C=O) groups excluding carboxylic acids is 1. The second-order valence-electron chi connectivity index (χ2n) is 4.25. The lowest BCUT2D eigenvalue weighted by atomic mass is 10.1. The van der Waals surface area contributed by atoms with Crippen LogP contribution in [-0.4, -0.2) is 17.4 Å². The van der Waals surface area contributed by atoms with Crippen LogP contribution in [0.3, 0.4) is 0 Å². The molecule has 1 aromatic heterocycles. The van der Waals surface area contributed by atoms with Gasteiger partial charge >= 0.3 is 0 Å². The van der Waals surface area contributed by atoms with Crippen molar-refractivity contribution >= 4 is 22.9 Å². The number of anilines is 1. The molecule has 2 aromatic rings. The molecule has 1 heterocycles. The first-order valence-corrected chi connectivity index (χ1v) is 6.97. The van der Waals surface area contributed by atoms with Gasteiger partial charge in [-0.1, -0.05) is 6.07 Å². The minimum Gasteiger partial charge on any atom is -0.394 e. The van der Waals surface area contributed by atoms with E-state index in [9.17, 15) is 13.6 Å². The highest BCUT2D eigenvalue weighted by atomic mass is 32.1. The number of nitrogen functional groups attached to an aromatic ring is 1. The summed E-state index contributed by atoms with van der Waals surface area (Å²) in [5.74, 6) is -2.25. The minimum atomic E-state index is -0.916. The van der Waals surface area contributed by atoms with E-state index in [2.05, 4.69) is 0 Å². The Morgan fingerprint density at radius 3 is 2.50 bits per heavy atom. The van der Waals surface area contributed by atoms with Crippen molar-refractivity contribution in [2.45, 2.75) is 13.5 Å². The molecule has 0 bridgehead atoms. The molecule has 0 atom stereocenters. The quantitative estimate of drug-likeness (QED) is 0.880. The zero-order chi connectivity index (χ0) is 14.7. The Morgan fingerprint density at radius 1 is 1.35 bits per heavy atom. The lowest BCUT2D eigenvalue weighted by Crippen LogP contribution is -2.30. The predicted octanol–water partition coefficient (Wildman–Crippen LogP) is 3.27. The Bertz CT molecular complexity index is 591. The Morgan fingerprint density at radius 2 is 2.00 bits per heavy atom. The maximum absolute atomic E-state index is 13.4. The molecule has 106 valence electrons. The van der Waals surface area contributed by atoms with Crippen molar-refractivity contribution in [2.75, 3.05) is 12.3 Å². The highest BCUT2D eigenvalue weighted by Crippen LogP contribution is 2.20. The normalized spacial score (nSPS) is 10.6. The molecule has 1 aromatic carbocycles. The molecule has 0 unspecified atom stereocenters. The van der Waals surface area contributed by atoms with Crippen molar-refractivity contribution < 1.29 is 13.6 Å². The zero-order valence-electron chi connectivity index (χ0n) is 10.9. The van der Waals surface area contributed by atoms with Crippen molar-refractivity contribution in [3.63, 3.8) is 0 Å². The SMILES string of the molecule is CCN(Cc1cccs1)C(=O)c1cc(F)c(N)c(F)c1. The van der Waals surface area contributed by atoms with Gasteiger partial charge in [0, 0.05) is 17.0 Å². The van der Waals surface area contributed by atoms with E-state index >= 15 is 0 Å². The summed E-state index contributed by atoms with van der Waals surface area (Å²) in [5, 5.41) is 1.91. The predicted molar refractivity (Wildman–Crippen MR) is 75.5 cm³/mol. The fourth-order valence-electron chi connectivity index (χ4n) is 1.81. The van der Waals surface area contributed by atoms with Gasteiger partial charge in [-0.25, -0.2) is 8.78 Å². The molecule has 2 N–H and O–H groups in total. The summed E-state index contributed by atoms with van der Waals surface area (Å²) in [4.78, 5) is 14.8. The summed E-state index contributed by atoms with van der Waals surface area (Å²) in [6.45, 7) is 2.68. The molecule has 6 heteroatoms. The zero-order valence-corrected chi connectivity index (χ0v) is 11.7. The average molecular weight is 296 g/mol. The number of hydrogen-bond acceptors (Lipinski definition) is 3. The van der Waals surface area contributed by atoms with Crippen LogP contribution in [0.15, 0.2) is 29.6 Å². The van der Waals surface area contributed by atoms with Crippen molar-refractivity contribution in [3.8, 4) is 0 Å². The molecule has 0 fully saturated rings. The van der Waals surface area contributed by atoms with Gasteiger partial charge in [-0.3, -0.25) is 4.79 Å². The number of nitrogens with zero attached hydrogens (tertiary/aromatic N) is 1. The molecule has 0 saturated heterocycles. The second kappa shape index (κ2) is 6.00. The number of thiophene rings is 1. The molecule has 0 aliphatic rings. The highest BCUT2D eigenvalue weighted by Gasteiger charge is 2.18. The van der Waals surface area contributed by atoms with Crippen molar-refractivity contribution in [3.05, 3.63) is 51.7 Å². The van der Waals surface area contributed by atoms with Crippen LogP contribution < -0.4 is 5.73 Å². The van der Waals surface area contributed by atoms with Crippen LogP contribution in [0.25, 0.3) is 0 Å². The Balaban J connectivity index is 2.24. The first-order valence-electron chi connectivity index (χ1n) is 6.09. The van der Waals surface area contributed by atoms with E-state index in [0.29, 0.717) is 13.1 Å². The van der Waals surface area contributed by atoms with Gasteiger partial charge in [0.05, 0.1) is 6.54 Å². The van der Waals surface area contributed by atoms with Gasteiger partial charge in [-0.2, -0.15) is 0 Å². The number of nitrogens with two attached hydrogens (primary N) is 1. The molecule has 20 heavy (non-hydrogen) atoms. The van der Waals surface area contributed by atoms with E-state index in [0.717, 1.165) is 17.0 Å². The molecule has 3 nitrogen and oxygen atoms in total. The first-order chi connectivity index (χ1) is 9.52. The molecule has 0 saturated carbocycles. The van der Waals surface area contributed by atoms with E-state index < -0.39 is 23.2 Å². The summed E-state index contributed by atoms with van der Waals surface area (Å²) in [6.07, 6.45) is 0. The summed E-state index contributed by atoms with van der Waals surface area (Å²) in [7, 11) is 0. The van der Waals surface area contributed by atoms with Crippen LogP contribution in [-0.2, 0) is 6.54 Å². The third-order valence-electron chi connectivity index (χ3n) is 2.92. The van der Waals surface area contributed by atoms with Crippen LogP contribution in [0.1, 0.15) is 22.2 Å². The average Bonchev–Trinajstić information content (AvgIpc) is 2.93. The van der Waals surface area contributed by atoms with Crippen LogP contribution >= 0.6 is 11.3 Å². The van der Waals surface area contributed by atoms with Gasteiger partial charge in [0.15, 0.2) is 0 Å². The first kappa shape index (κ1) is 14.5. The maximum atomic E-state index is 13.4. The molecular formula is C14H14F2N2OS. The molecular weight excluding hydrogens is 282 g/mol. The van der Waals surface area contributed by atoms with E-state index in [4.69, 9.17) is 5.73 Å². The number of benzene rings is 1. The molecule has 1 amide bonds. The van der Waals surface area contributed by atoms with Crippen molar-refractivity contribution in [2.24, 2.45) is 0 Å². The minimum absolute atomic E-state index is 0.0346. The number of carbonyl (C=O) groups is 1. The van der Waals surface area contributed by atoms with E-state index in [-0.39, 0.29) is 5.56 Å². The van der Waals surface area contributed by atoms with Crippen molar-refractivity contribution in [1.29, 1.82) is 0 Å². The lowest BCUT2D eigenvalue weighted by molar-refractivity contribution is 0.0753. The summed E-state index contributed by atoms with van der Waals surface area (Å²) < 4.78 is 26.8. The van der Waals surface area contributed by atoms with Gasteiger partial charge < -0.3 is 10.6 Å². The van der Waals surface area contributed by atoms with Crippen LogP contribution in [0.2, 0.25) is 0 Å². The van der Waals surface area contributed by atoms with Gasteiger partial charge in [-0.05, 0) is 30.5 Å². The third kappa shape index (κ3) is 2.96. The number of amides is 1. The summed E-state index contributed by atoms with van der Waals surface area (Å²) in [6, 6.07) is 5.74. The second-order valence-corrected chi connectivity index (χ2v) is 5.28. The molecule has 0 spiro atoms. The smallest absolute Gasteiger partial charge is 0.254 e. The Labute approximate surface area is 119 Å².